The minimum atomic E-state index is 0.102. The fraction of sp³-hybridized carbons (Fsp3) is 0.167. The predicted octanol–water partition coefficient (Wildman–Crippen LogP) is 2.86. The normalized spacial score (nSPS) is 17.5. The second-order valence-electron chi connectivity index (χ2n) is 6.62. The lowest BCUT2D eigenvalue weighted by Gasteiger charge is -2.38. The molecular formula is C18H14FN7O2. The molecule has 0 bridgehead atoms. The number of aliphatic imine (C=N–C) groups is 1. The standard InChI is InChI=1S/C18H14FN7O2/c1-11-6-7-14(27-11)16-21-18(28-22-16)25-9-20-17-12-4-2-3-5-13(12)24-10-23(19)8-15(24)26(17)25/h2-8H,9-10H2,1H3. The fourth-order valence-electron chi connectivity index (χ4n) is 3.64. The number of hydrazine groups is 1. The van der Waals surface area contributed by atoms with Gasteiger partial charge in [0.25, 0.3) is 0 Å². The van der Waals surface area contributed by atoms with Crippen molar-refractivity contribution in [1.29, 1.82) is 0 Å². The Morgan fingerprint density at radius 3 is 2.89 bits per heavy atom. The molecule has 140 valence electrons. The Hall–Kier alpha value is -3.82. The molecule has 3 aromatic rings. The quantitative estimate of drug-likeness (QED) is 0.629. The Morgan fingerprint density at radius 2 is 2.04 bits per heavy atom. The summed E-state index contributed by atoms with van der Waals surface area (Å²) in [7, 11) is 0. The van der Waals surface area contributed by atoms with E-state index in [0.29, 0.717) is 28.4 Å². The molecule has 28 heavy (non-hydrogen) atoms. The van der Waals surface area contributed by atoms with Gasteiger partial charge < -0.3 is 13.8 Å². The van der Waals surface area contributed by atoms with Crippen LogP contribution in [0.3, 0.4) is 0 Å². The third kappa shape index (κ3) is 2.02. The van der Waals surface area contributed by atoms with E-state index in [1.807, 2.05) is 42.2 Å². The Bertz CT molecular complexity index is 1150. The van der Waals surface area contributed by atoms with Crippen LogP contribution >= 0.6 is 0 Å². The van der Waals surface area contributed by atoms with Gasteiger partial charge in [0, 0.05) is 5.56 Å². The second-order valence-corrected chi connectivity index (χ2v) is 6.62. The summed E-state index contributed by atoms with van der Waals surface area (Å²) in [4.78, 5) is 11.0. The van der Waals surface area contributed by atoms with Gasteiger partial charge in [0.15, 0.2) is 17.4 Å². The molecule has 10 heteroatoms. The van der Waals surface area contributed by atoms with Crippen molar-refractivity contribution in [1.82, 2.24) is 20.3 Å². The van der Waals surface area contributed by atoms with Crippen LogP contribution in [0.2, 0.25) is 0 Å². The summed E-state index contributed by atoms with van der Waals surface area (Å²) >= 11 is 0. The number of benzene rings is 1. The summed E-state index contributed by atoms with van der Waals surface area (Å²) in [5.41, 5.74) is 1.82. The van der Waals surface area contributed by atoms with Gasteiger partial charge in [-0.2, -0.15) is 10.1 Å². The van der Waals surface area contributed by atoms with Crippen LogP contribution in [0.4, 0.5) is 16.2 Å². The number of aromatic nitrogens is 2. The maximum absolute atomic E-state index is 14.1. The van der Waals surface area contributed by atoms with E-state index in [1.165, 1.54) is 6.20 Å². The number of halogens is 1. The summed E-state index contributed by atoms with van der Waals surface area (Å²) < 4.78 is 25.1. The molecule has 0 N–H and O–H groups in total. The first-order chi connectivity index (χ1) is 13.7. The van der Waals surface area contributed by atoms with Gasteiger partial charge in [-0.05, 0) is 31.2 Å². The SMILES string of the molecule is Cc1ccc(-c2noc(N3CN=C4c5ccccc5N5CN(F)C=C5N43)n2)o1. The van der Waals surface area contributed by atoms with Gasteiger partial charge in [-0.25, -0.2) is 15.0 Å². The van der Waals surface area contributed by atoms with Gasteiger partial charge in [-0.3, -0.25) is 0 Å². The Labute approximate surface area is 158 Å². The highest BCUT2D eigenvalue weighted by Gasteiger charge is 2.43. The maximum Gasteiger partial charge on any atom is 0.345 e. The summed E-state index contributed by atoms with van der Waals surface area (Å²) in [5.74, 6) is 2.97. The molecule has 6 rings (SSSR count). The number of nitrogens with zero attached hydrogens (tertiary/aromatic N) is 7. The van der Waals surface area contributed by atoms with Crippen LogP contribution in [-0.2, 0) is 0 Å². The topological polar surface area (TPSA) is 77.4 Å². The summed E-state index contributed by atoms with van der Waals surface area (Å²) in [6.07, 6.45) is 1.43. The number of para-hydroxylation sites is 1. The first-order valence-electron chi connectivity index (χ1n) is 8.73. The van der Waals surface area contributed by atoms with E-state index in [1.54, 1.807) is 16.1 Å². The van der Waals surface area contributed by atoms with Crippen LogP contribution < -0.4 is 9.91 Å². The van der Waals surface area contributed by atoms with E-state index in [-0.39, 0.29) is 19.4 Å². The van der Waals surface area contributed by atoms with E-state index in [0.717, 1.165) is 17.0 Å². The molecule has 0 unspecified atom stereocenters. The number of fused-ring (bicyclic) bond motifs is 6. The van der Waals surface area contributed by atoms with Crippen molar-refractivity contribution in [3.8, 4) is 11.6 Å². The van der Waals surface area contributed by atoms with Crippen LogP contribution in [0.15, 0.2) is 62.4 Å². The molecule has 0 amide bonds. The van der Waals surface area contributed by atoms with Gasteiger partial charge in [-0.1, -0.05) is 21.8 Å². The van der Waals surface area contributed by atoms with Crippen molar-refractivity contribution in [2.24, 2.45) is 4.99 Å². The van der Waals surface area contributed by atoms with Gasteiger partial charge in [0.2, 0.25) is 5.82 Å². The lowest BCUT2D eigenvalue weighted by Crippen LogP contribution is -2.49. The number of hydrogen-bond acceptors (Lipinski definition) is 9. The minimum Gasteiger partial charge on any atom is -0.458 e. The van der Waals surface area contributed by atoms with Gasteiger partial charge in [0.05, 0.1) is 11.9 Å². The number of furan rings is 1. The van der Waals surface area contributed by atoms with Crippen molar-refractivity contribution in [3.63, 3.8) is 0 Å². The molecule has 5 heterocycles. The average Bonchev–Trinajstić information content (AvgIpc) is 3.46. The smallest absolute Gasteiger partial charge is 0.345 e. The molecule has 9 nitrogen and oxygen atoms in total. The molecule has 0 radical (unpaired) electrons. The van der Waals surface area contributed by atoms with E-state index in [9.17, 15) is 4.48 Å². The van der Waals surface area contributed by atoms with Crippen LogP contribution in [0.25, 0.3) is 11.6 Å². The first-order valence-corrected chi connectivity index (χ1v) is 8.73. The largest absolute Gasteiger partial charge is 0.458 e. The summed E-state index contributed by atoms with van der Waals surface area (Å²) in [5, 5.41) is 8.16. The number of rotatable bonds is 2. The molecule has 0 fully saturated rings. The van der Waals surface area contributed by atoms with Gasteiger partial charge in [0.1, 0.15) is 19.1 Å². The second kappa shape index (κ2) is 5.35. The van der Waals surface area contributed by atoms with Crippen LogP contribution in [0.1, 0.15) is 11.3 Å². The van der Waals surface area contributed by atoms with Crippen LogP contribution in [0, 0.1) is 6.92 Å². The fourth-order valence-corrected chi connectivity index (χ4v) is 3.64. The van der Waals surface area contributed by atoms with Crippen molar-refractivity contribution in [2.75, 3.05) is 23.2 Å². The molecule has 0 spiro atoms. The summed E-state index contributed by atoms with van der Waals surface area (Å²) in [6, 6.07) is 11.7. The number of hydrogen-bond donors (Lipinski definition) is 0. The zero-order valence-electron chi connectivity index (χ0n) is 14.8. The maximum atomic E-state index is 14.1. The minimum absolute atomic E-state index is 0.102. The molecule has 0 atom stereocenters. The average molecular weight is 379 g/mol. The van der Waals surface area contributed by atoms with Crippen LogP contribution in [0.5, 0.6) is 0 Å². The molecule has 0 saturated heterocycles. The summed E-state index contributed by atoms with van der Waals surface area (Å²) in [6.45, 7) is 2.23. The first kappa shape index (κ1) is 15.3. The van der Waals surface area contributed by atoms with E-state index < -0.39 is 0 Å². The van der Waals surface area contributed by atoms with Gasteiger partial charge in [-0.15, -0.1) is 0 Å². The monoisotopic (exact) mass is 379 g/mol. The number of anilines is 2. The van der Waals surface area contributed by atoms with Crippen LogP contribution in [-0.4, -0.2) is 39.4 Å². The van der Waals surface area contributed by atoms with Crippen molar-refractivity contribution < 1.29 is 13.4 Å². The molecule has 1 aromatic carbocycles. The molecule has 0 aliphatic carbocycles. The predicted molar refractivity (Wildman–Crippen MR) is 97.3 cm³/mol. The highest BCUT2D eigenvalue weighted by Crippen LogP contribution is 2.40. The van der Waals surface area contributed by atoms with E-state index >= 15 is 0 Å². The highest BCUT2D eigenvalue weighted by atomic mass is 19.2. The van der Waals surface area contributed by atoms with Crippen molar-refractivity contribution >= 4 is 17.5 Å². The lowest BCUT2D eigenvalue weighted by atomic mass is 10.1. The third-order valence-electron chi connectivity index (χ3n) is 4.85. The highest BCUT2D eigenvalue weighted by molar-refractivity contribution is 6.08. The molecular weight excluding hydrogens is 365 g/mol. The number of aryl methyl sites for hydroxylation is 1. The Balaban J connectivity index is 1.42. The third-order valence-corrected chi connectivity index (χ3v) is 4.85. The lowest BCUT2D eigenvalue weighted by molar-refractivity contribution is 0.104. The van der Waals surface area contributed by atoms with Crippen molar-refractivity contribution in [2.45, 2.75) is 6.92 Å². The number of amidine groups is 1. The zero-order valence-corrected chi connectivity index (χ0v) is 14.8. The Kier molecular flexibility index (Phi) is 2.91. The zero-order chi connectivity index (χ0) is 18.8. The molecule has 3 aliphatic heterocycles. The molecule has 2 aromatic heterocycles. The van der Waals surface area contributed by atoms with Gasteiger partial charge >= 0.3 is 6.01 Å². The van der Waals surface area contributed by atoms with Crippen molar-refractivity contribution in [3.05, 3.63) is 59.7 Å². The van der Waals surface area contributed by atoms with E-state index in [4.69, 9.17) is 8.94 Å². The molecule has 3 aliphatic rings. The van der Waals surface area contributed by atoms with E-state index in [2.05, 4.69) is 15.1 Å². The molecule has 0 saturated carbocycles. The Morgan fingerprint density at radius 1 is 1.14 bits per heavy atom.